The van der Waals surface area contributed by atoms with Gasteiger partial charge in [0.25, 0.3) is 6.43 Å². The molecule has 0 amide bonds. The van der Waals surface area contributed by atoms with Crippen LogP contribution in [0.5, 0.6) is 0 Å². The summed E-state index contributed by atoms with van der Waals surface area (Å²) in [6, 6.07) is 4.16. The second-order valence-electron chi connectivity index (χ2n) is 4.23. The minimum atomic E-state index is -2.45. The fourth-order valence-corrected chi connectivity index (χ4v) is 2.80. The Bertz CT molecular complexity index is 411. The van der Waals surface area contributed by atoms with Crippen molar-refractivity contribution in [3.05, 3.63) is 33.3 Å². The van der Waals surface area contributed by atoms with Crippen LogP contribution >= 0.6 is 27.5 Å². The highest BCUT2D eigenvalue weighted by atomic mass is 79.9. The predicted molar refractivity (Wildman–Crippen MR) is 72.3 cm³/mol. The standard InChI is InChI=1S/C12H14BrClF2N2/c13-8-1-2-10(14)9(7-8)11(12(15)16)18-5-3-17-4-6-18/h1-2,7,11-12,17H,3-6H2/t11-/m1/s1. The van der Waals surface area contributed by atoms with Gasteiger partial charge in [-0.1, -0.05) is 27.5 Å². The highest BCUT2D eigenvalue weighted by Gasteiger charge is 2.31. The lowest BCUT2D eigenvalue weighted by Gasteiger charge is -2.35. The average molecular weight is 340 g/mol. The van der Waals surface area contributed by atoms with Crippen LogP contribution in [0.25, 0.3) is 0 Å². The van der Waals surface area contributed by atoms with Crippen molar-refractivity contribution in [2.45, 2.75) is 12.5 Å². The Morgan fingerprint density at radius 3 is 2.56 bits per heavy atom. The van der Waals surface area contributed by atoms with Crippen molar-refractivity contribution < 1.29 is 8.78 Å². The van der Waals surface area contributed by atoms with Gasteiger partial charge in [-0.25, -0.2) is 8.78 Å². The Morgan fingerprint density at radius 1 is 1.28 bits per heavy atom. The van der Waals surface area contributed by atoms with Crippen molar-refractivity contribution in [3.8, 4) is 0 Å². The number of alkyl halides is 2. The molecule has 1 aliphatic heterocycles. The lowest BCUT2D eigenvalue weighted by atomic mass is 10.0. The van der Waals surface area contributed by atoms with Crippen molar-refractivity contribution in [1.82, 2.24) is 10.2 Å². The fraction of sp³-hybridized carbons (Fsp3) is 0.500. The summed E-state index contributed by atoms with van der Waals surface area (Å²) in [5.74, 6) is 0. The SMILES string of the molecule is FC(F)[C@@H](c1cc(Br)ccc1Cl)N1CCNCC1. The van der Waals surface area contributed by atoms with Gasteiger partial charge >= 0.3 is 0 Å². The van der Waals surface area contributed by atoms with Crippen LogP contribution in [-0.2, 0) is 0 Å². The highest BCUT2D eigenvalue weighted by molar-refractivity contribution is 9.10. The van der Waals surface area contributed by atoms with E-state index in [0.717, 1.165) is 17.6 Å². The first-order valence-corrected chi connectivity index (χ1v) is 6.94. The molecule has 1 heterocycles. The number of benzene rings is 1. The van der Waals surface area contributed by atoms with E-state index in [2.05, 4.69) is 21.2 Å². The lowest BCUT2D eigenvalue weighted by Crippen LogP contribution is -2.47. The van der Waals surface area contributed by atoms with E-state index >= 15 is 0 Å². The topological polar surface area (TPSA) is 15.3 Å². The van der Waals surface area contributed by atoms with Crippen LogP contribution in [0.2, 0.25) is 5.02 Å². The Labute approximate surface area is 118 Å². The molecule has 0 aromatic heterocycles. The summed E-state index contributed by atoms with van der Waals surface area (Å²) >= 11 is 9.36. The summed E-state index contributed by atoms with van der Waals surface area (Å²) in [4.78, 5) is 1.79. The van der Waals surface area contributed by atoms with Crippen LogP contribution in [-0.4, -0.2) is 37.5 Å². The molecule has 2 nitrogen and oxygen atoms in total. The van der Waals surface area contributed by atoms with Gasteiger partial charge in [-0.05, 0) is 23.8 Å². The smallest absolute Gasteiger partial charge is 0.258 e. The van der Waals surface area contributed by atoms with E-state index < -0.39 is 12.5 Å². The van der Waals surface area contributed by atoms with Crippen LogP contribution in [0.4, 0.5) is 8.78 Å². The van der Waals surface area contributed by atoms with Gasteiger partial charge in [-0.15, -0.1) is 0 Å². The molecule has 0 aliphatic carbocycles. The van der Waals surface area contributed by atoms with Crippen molar-refractivity contribution >= 4 is 27.5 Å². The zero-order chi connectivity index (χ0) is 13.1. The molecule has 6 heteroatoms. The average Bonchev–Trinajstić information content (AvgIpc) is 2.35. The van der Waals surface area contributed by atoms with E-state index in [0.29, 0.717) is 23.7 Å². The zero-order valence-corrected chi connectivity index (χ0v) is 12.0. The summed E-state index contributed by atoms with van der Waals surface area (Å²) in [5.41, 5.74) is 0.489. The normalized spacial score (nSPS) is 19.2. The minimum absolute atomic E-state index is 0.391. The summed E-state index contributed by atoms with van der Waals surface area (Å²) < 4.78 is 27.5. The third kappa shape index (κ3) is 3.20. The molecule has 1 aromatic rings. The summed E-state index contributed by atoms with van der Waals surface area (Å²) in [5, 5.41) is 3.55. The molecule has 0 radical (unpaired) electrons. The zero-order valence-electron chi connectivity index (χ0n) is 9.67. The van der Waals surface area contributed by atoms with Crippen molar-refractivity contribution in [3.63, 3.8) is 0 Å². The molecule has 1 aliphatic rings. The van der Waals surface area contributed by atoms with Crippen molar-refractivity contribution in [2.75, 3.05) is 26.2 Å². The second-order valence-corrected chi connectivity index (χ2v) is 5.55. The Balaban J connectivity index is 2.31. The maximum Gasteiger partial charge on any atom is 0.258 e. The lowest BCUT2D eigenvalue weighted by molar-refractivity contribution is 0.0182. The second kappa shape index (κ2) is 6.28. The molecule has 1 saturated heterocycles. The number of hydrogen-bond donors (Lipinski definition) is 1. The van der Waals surface area contributed by atoms with Crippen LogP contribution in [0.15, 0.2) is 22.7 Å². The van der Waals surface area contributed by atoms with E-state index in [-0.39, 0.29) is 0 Å². The quantitative estimate of drug-likeness (QED) is 0.909. The van der Waals surface area contributed by atoms with Gasteiger partial charge < -0.3 is 5.32 Å². The van der Waals surface area contributed by atoms with Crippen LogP contribution in [0, 0.1) is 0 Å². The monoisotopic (exact) mass is 338 g/mol. The third-order valence-electron chi connectivity index (χ3n) is 3.06. The Morgan fingerprint density at radius 2 is 1.94 bits per heavy atom. The molecule has 100 valence electrons. The first-order valence-electron chi connectivity index (χ1n) is 5.77. The molecule has 0 bridgehead atoms. The largest absolute Gasteiger partial charge is 0.314 e. The number of hydrogen-bond acceptors (Lipinski definition) is 2. The first-order chi connectivity index (χ1) is 8.59. The molecule has 0 spiro atoms. The number of piperazine rings is 1. The van der Waals surface area contributed by atoms with E-state index in [4.69, 9.17) is 11.6 Å². The van der Waals surface area contributed by atoms with Crippen LogP contribution in [0.3, 0.4) is 0 Å². The maximum absolute atomic E-state index is 13.3. The molecule has 18 heavy (non-hydrogen) atoms. The summed E-state index contributed by atoms with van der Waals surface area (Å²) in [6.07, 6.45) is -2.45. The van der Waals surface area contributed by atoms with Crippen molar-refractivity contribution in [1.29, 1.82) is 0 Å². The molecule has 2 rings (SSSR count). The van der Waals surface area contributed by atoms with Gasteiger partial charge in [-0.3, -0.25) is 4.90 Å². The van der Waals surface area contributed by atoms with Gasteiger partial charge in [0, 0.05) is 35.7 Å². The molecule has 1 atom stereocenters. The summed E-state index contributed by atoms with van der Waals surface area (Å²) in [6.45, 7) is 2.68. The van der Waals surface area contributed by atoms with Gasteiger partial charge in [0.1, 0.15) is 0 Å². The Kier molecular flexibility index (Phi) is 4.95. The molecule has 0 unspecified atom stereocenters. The third-order valence-corrected chi connectivity index (χ3v) is 3.90. The molecular formula is C12H14BrClF2N2. The van der Waals surface area contributed by atoms with Gasteiger partial charge in [-0.2, -0.15) is 0 Å². The predicted octanol–water partition coefficient (Wildman–Crippen LogP) is 3.31. The van der Waals surface area contributed by atoms with Crippen molar-refractivity contribution in [2.24, 2.45) is 0 Å². The van der Waals surface area contributed by atoms with Gasteiger partial charge in [0.2, 0.25) is 0 Å². The van der Waals surface area contributed by atoms with E-state index in [1.807, 2.05) is 0 Å². The van der Waals surface area contributed by atoms with E-state index in [9.17, 15) is 8.78 Å². The molecule has 1 N–H and O–H groups in total. The van der Waals surface area contributed by atoms with Crippen LogP contribution < -0.4 is 5.32 Å². The number of rotatable bonds is 3. The number of nitrogens with zero attached hydrogens (tertiary/aromatic N) is 1. The maximum atomic E-state index is 13.3. The molecule has 1 fully saturated rings. The van der Waals surface area contributed by atoms with E-state index in [1.165, 1.54) is 0 Å². The molecular weight excluding hydrogens is 325 g/mol. The van der Waals surface area contributed by atoms with E-state index in [1.54, 1.807) is 23.1 Å². The minimum Gasteiger partial charge on any atom is -0.314 e. The summed E-state index contributed by atoms with van der Waals surface area (Å²) in [7, 11) is 0. The Hall–Kier alpha value is -0.230. The molecule has 1 aromatic carbocycles. The highest BCUT2D eigenvalue weighted by Crippen LogP contribution is 2.34. The fourth-order valence-electron chi connectivity index (χ4n) is 2.19. The first kappa shape index (κ1) is 14.2. The molecule has 0 saturated carbocycles. The van der Waals surface area contributed by atoms with Crippen LogP contribution in [0.1, 0.15) is 11.6 Å². The number of halogens is 4. The van der Waals surface area contributed by atoms with Gasteiger partial charge in [0.15, 0.2) is 0 Å². The number of nitrogens with one attached hydrogen (secondary N) is 1. The van der Waals surface area contributed by atoms with Gasteiger partial charge in [0.05, 0.1) is 6.04 Å².